The SMILES string of the molecule is CCCC(NC(=O)[C@@H]1[C@H]2CCC(F)(F)[C@H]2CN1C(=O)[C@@H](NC(=O)C(O)C(C)C)C(C)C)C(=O)C(=O)NC1CC1. The molecule has 1 aliphatic heterocycles. The van der Waals surface area contributed by atoms with Gasteiger partial charge in [0.25, 0.3) is 11.8 Å². The molecule has 2 saturated carbocycles. The Hall–Kier alpha value is -2.63. The van der Waals surface area contributed by atoms with Crippen molar-refractivity contribution in [3.63, 3.8) is 0 Å². The lowest BCUT2D eigenvalue weighted by Gasteiger charge is -2.33. The van der Waals surface area contributed by atoms with Gasteiger partial charge in [-0.25, -0.2) is 8.78 Å². The van der Waals surface area contributed by atoms with Gasteiger partial charge in [0.2, 0.25) is 23.5 Å². The lowest BCUT2D eigenvalue weighted by Crippen LogP contribution is -2.59. The third kappa shape index (κ3) is 6.93. The molecular weight excluding hydrogens is 514 g/mol. The second kappa shape index (κ2) is 12.3. The van der Waals surface area contributed by atoms with Gasteiger partial charge in [-0.15, -0.1) is 0 Å². The fourth-order valence-electron chi connectivity index (χ4n) is 5.52. The summed E-state index contributed by atoms with van der Waals surface area (Å²) in [5, 5.41) is 17.9. The molecule has 0 spiro atoms. The van der Waals surface area contributed by atoms with Gasteiger partial charge in [0.05, 0.1) is 6.04 Å². The fraction of sp³-hybridized carbons (Fsp3) is 0.815. The number of carbonyl (C=O) groups excluding carboxylic acids is 5. The lowest BCUT2D eigenvalue weighted by atomic mass is 9.91. The van der Waals surface area contributed by atoms with Gasteiger partial charge in [-0.05, 0) is 43.4 Å². The van der Waals surface area contributed by atoms with Gasteiger partial charge >= 0.3 is 0 Å². The molecule has 0 aromatic heterocycles. The Morgan fingerprint density at radius 1 is 1.00 bits per heavy atom. The van der Waals surface area contributed by atoms with Crippen molar-refractivity contribution in [2.24, 2.45) is 23.7 Å². The van der Waals surface area contributed by atoms with E-state index in [9.17, 15) is 37.9 Å². The number of hydrogen-bond donors (Lipinski definition) is 4. The van der Waals surface area contributed by atoms with E-state index in [1.54, 1.807) is 34.6 Å². The third-order valence-electron chi connectivity index (χ3n) is 8.03. The molecule has 4 N–H and O–H groups in total. The van der Waals surface area contributed by atoms with E-state index in [0.29, 0.717) is 6.42 Å². The highest BCUT2D eigenvalue weighted by molar-refractivity contribution is 6.38. The van der Waals surface area contributed by atoms with E-state index in [0.717, 1.165) is 17.7 Å². The minimum atomic E-state index is -3.08. The number of fused-ring (bicyclic) bond motifs is 1. The number of carbonyl (C=O) groups is 5. The molecule has 10 nitrogen and oxygen atoms in total. The molecule has 0 radical (unpaired) electrons. The predicted molar refractivity (Wildman–Crippen MR) is 137 cm³/mol. The van der Waals surface area contributed by atoms with E-state index in [1.165, 1.54) is 0 Å². The predicted octanol–water partition coefficient (Wildman–Crippen LogP) is 1.15. The minimum absolute atomic E-state index is 0.0128. The Kier molecular flexibility index (Phi) is 9.72. The zero-order valence-electron chi connectivity index (χ0n) is 23.3. The van der Waals surface area contributed by atoms with Crippen LogP contribution in [0.1, 0.15) is 73.1 Å². The van der Waals surface area contributed by atoms with E-state index in [4.69, 9.17) is 0 Å². The number of halogens is 2. The van der Waals surface area contributed by atoms with Crippen LogP contribution in [0.2, 0.25) is 0 Å². The number of hydrogen-bond acceptors (Lipinski definition) is 6. The number of rotatable bonds is 12. The van der Waals surface area contributed by atoms with E-state index < -0.39 is 89.7 Å². The van der Waals surface area contributed by atoms with Crippen LogP contribution in [0.25, 0.3) is 0 Å². The van der Waals surface area contributed by atoms with Crippen LogP contribution >= 0.6 is 0 Å². The van der Waals surface area contributed by atoms with Gasteiger partial charge in [-0.2, -0.15) is 0 Å². The highest BCUT2D eigenvalue weighted by atomic mass is 19.3. The first-order valence-corrected chi connectivity index (χ1v) is 14.0. The van der Waals surface area contributed by atoms with Gasteiger partial charge in [0, 0.05) is 24.9 Å². The maximum atomic E-state index is 14.8. The van der Waals surface area contributed by atoms with Crippen molar-refractivity contribution in [2.45, 2.75) is 109 Å². The van der Waals surface area contributed by atoms with Crippen LogP contribution in [0.3, 0.4) is 0 Å². The van der Waals surface area contributed by atoms with Crippen LogP contribution in [0.5, 0.6) is 0 Å². The smallest absolute Gasteiger partial charge is 0.289 e. The summed E-state index contributed by atoms with van der Waals surface area (Å²) >= 11 is 0. The number of likely N-dealkylation sites (tertiary alicyclic amines) is 1. The van der Waals surface area contributed by atoms with Crippen LogP contribution in [-0.2, 0) is 24.0 Å². The molecular formula is C27H42F2N4O6. The number of aliphatic hydroxyl groups excluding tert-OH is 1. The first-order valence-electron chi connectivity index (χ1n) is 14.0. The molecule has 3 aliphatic rings. The summed E-state index contributed by atoms with van der Waals surface area (Å²) in [5.41, 5.74) is 0. The maximum absolute atomic E-state index is 14.8. The summed E-state index contributed by atoms with van der Waals surface area (Å²) < 4.78 is 29.6. The Morgan fingerprint density at radius 2 is 1.64 bits per heavy atom. The summed E-state index contributed by atoms with van der Waals surface area (Å²) in [7, 11) is 0. The number of alkyl halides is 2. The second-order valence-corrected chi connectivity index (χ2v) is 11.9. The van der Waals surface area contributed by atoms with E-state index in [-0.39, 0.29) is 25.4 Å². The summed E-state index contributed by atoms with van der Waals surface area (Å²) in [5.74, 6) is -9.90. The molecule has 1 heterocycles. The standard InChI is InChI=1S/C27H42F2N4O6/c1-6-7-18(22(35)25(38)30-15-8-9-15)31-23(36)20-16-10-11-27(28,29)17(16)12-33(20)26(39)19(13(2)3)32-24(37)21(34)14(4)5/h13-21,34H,6-12H2,1-5H3,(H,30,38)(H,31,36)(H,32,37)/t16-,17-,18?,19-,20-,21?/m0/s1. The van der Waals surface area contributed by atoms with Crippen molar-refractivity contribution < 1.29 is 37.9 Å². The Labute approximate surface area is 228 Å². The topological polar surface area (TPSA) is 145 Å². The number of ketones is 1. The van der Waals surface area contributed by atoms with Gasteiger partial charge < -0.3 is 26.0 Å². The number of nitrogens with one attached hydrogen (secondary N) is 3. The molecule has 3 fully saturated rings. The molecule has 4 amide bonds. The lowest BCUT2D eigenvalue weighted by molar-refractivity contribution is -0.146. The molecule has 3 rings (SSSR count). The van der Waals surface area contributed by atoms with Crippen LogP contribution in [0.4, 0.5) is 8.78 Å². The monoisotopic (exact) mass is 556 g/mol. The zero-order chi connectivity index (χ0) is 29.2. The van der Waals surface area contributed by atoms with E-state index in [1.807, 2.05) is 0 Å². The third-order valence-corrected chi connectivity index (χ3v) is 8.03. The molecule has 0 bridgehead atoms. The van der Waals surface area contributed by atoms with Gasteiger partial charge in [0.15, 0.2) is 0 Å². The van der Waals surface area contributed by atoms with Crippen molar-refractivity contribution >= 4 is 29.4 Å². The second-order valence-electron chi connectivity index (χ2n) is 11.9. The minimum Gasteiger partial charge on any atom is -0.383 e. The Morgan fingerprint density at radius 3 is 2.18 bits per heavy atom. The molecule has 2 unspecified atom stereocenters. The summed E-state index contributed by atoms with van der Waals surface area (Å²) in [4.78, 5) is 66.2. The average molecular weight is 557 g/mol. The highest BCUT2D eigenvalue weighted by Gasteiger charge is 2.61. The van der Waals surface area contributed by atoms with E-state index >= 15 is 0 Å². The first kappa shape index (κ1) is 30.9. The van der Waals surface area contributed by atoms with Crippen LogP contribution in [-0.4, -0.2) is 82.2 Å². The fourth-order valence-corrected chi connectivity index (χ4v) is 5.52. The highest BCUT2D eigenvalue weighted by Crippen LogP contribution is 2.51. The Bertz CT molecular complexity index is 970. The number of Topliss-reactive ketones (excluding diaryl/α,β-unsaturated/α-hetero) is 1. The number of nitrogens with zero attached hydrogens (tertiary/aromatic N) is 1. The van der Waals surface area contributed by atoms with Crippen molar-refractivity contribution in [3.8, 4) is 0 Å². The first-order chi connectivity index (χ1) is 18.2. The number of aliphatic hydroxyl groups is 1. The van der Waals surface area contributed by atoms with Crippen molar-refractivity contribution in [1.29, 1.82) is 0 Å². The summed E-state index contributed by atoms with van der Waals surface area (Å²) in [6, 6.07) is -3.66. The normalized spacial score (nSPS) is 26.1. The molecule has 12 heteroatoms. The van der Waals surface area contributed by atoms with Gasteiger partial charge in [0.1, 0.15) is 18.2 Å². The molecule has 39 heavy (non-hydrogen) atoms. The average Bonchev–Trinajstić information content (AvgIpc) is 3.51. The van der Waals surface area contributed by atoms with Crippen LogP contribution in [0.15, 0.2) is 0 Å². The Balaban J connectivity index is 1.85. The largest absolute Gasteiger partial charge is 0.383 e. The number of amides is 4. The van der Waals surface area contributed by atoms with Crippen LogP contribution < -0.4 is 16.0 Å². The van der Waals surface area contributed by atoms with Crippen molar-refractivity contribution in [2.75, 3.05) is 6.54 Å². The van der Waals surface area contributed by atoms with E-state index in [2.05, 4.69) is 16.0 Å². The van der Waals surface area contributed by atoms with Crippen molar-refractivity contribution in [3.05, 3.63) is 0 Å². The zero-order valence-corrected chi connectivity index (χ0v) is 23.3. The van der Waals surface area contributed by atoms with Crippen LogP contribution in [0, 0.1) is 23.7 Å². The maximum Gasteiger partial charge on any atom is 0.289 e. The van der Waals surface area contributed by atoms with Crippen molar-refractivity contribution in [1.82, 2.24) is 20.9 Å². The molecule has 6 atom stereocenters. The molecule has 220 valence electrons. The molecule has 2 aliphatic carbocycles. The van der Waals surface area contributed by atoms with Gasteiger partial charge in [-0.3, -0.25) is 24.0 Å². The van der Waals surface area contributed by atoms with Gasteiger partial charge in [-0.1, -0.05) is 41.0 Å². The quantitative estimate of drug-likeness (QED) is 0.266. The summed E-state index contributed by atoms with van der Waals surface area (Å²) in [6.07, 6.45) is 0.432. The molecule has 1 saturated heterocycles. The molecule has 0 aromatic rings. The summed E-state index contributed by atoms with van der Waals surface area (Å²) in [6.45, 7) is 8.01. The molecule has 0 aromatic carbocycles.